The van der Waals surface area contributed by atoms with Crippen molar-refractivity contribution in [1.29, 1.82) is 0 Å². The van der Waals surface area contributed by atoms with E-state index in [1.165, 1.54) is 6.42 Å². The third-order valence-corrected chi connectivity index (χ3v) is 4.66. The molecule has 1 atom stereocenters. The van der Waals surface area contributed by atoms with Crippen molar-refractivity contribution >= 4 is 6.03 Å². The van der Waals surface area contributed by atoms with Crippen LogP contribution in [0.5, 0.6) is 11.5 Å². The van der Waals surface area contributed by atoms with Crippen LogP contribution in [0.25, 0.3) is 0 Å². The molecule has 1 N–H and O–H groups in total. The molecule has 0 spiro atoms. The number of fused-ring (bicyclic) bond motifs is 1. The van der Waals surface area contributed by atoms with Gasteiger partial charge in [0.15, 0.2) is 11.5 Å². The average molecular weight is 318 g/mol. The molecule has 0 radical (unpaired) electrons. The Hall–Kier alpha value is -1.91. The number of hydrogen-bond acceptors (Lipinski definition) is 3. The highest BCUT2D eigenvalue weighted by molar-refractivity contribution is 5.74. The second kappa shape index (κ2) is 7.57. The predicted octanol–water partition coefficient (Wildman–Crippen LogP) is 2.97. The number of nitrogens with zero attached hydrogens (tertiary/aromatic N) is 1. The molecule has 2 aliphatic rings. The Morgan fingerprint density at radius 1 is 1.26 bits per heavy atom. The SMILES string of the molecule is CCC1CCCCN1C(=O)NCCc1ccc2c(c1)OCCO2. The number of nitrogens with one attached hydrogen (secondary N) is 1. The Kier molecular flexibility index (Phi) is 5.26. The van der Waals surface area contributed by atoms with Gasteiger partial charge in [-0.15, -0.1) is 0 Å². The smallest absolute Gasteiger partial charge is 0.317 e. The molecule has 1 aromatic carbocycles. The Bertz CT molecular complexity index is 547. The Morgan fingerprint density at radius 3 is 2.91 bits per heavy atom. The first-order valence-corrected chi connectivity index (χ1v) is 8.71. The lowest BCUT2D eigenvalue weighted by atomic mass is 10.0. The van der Waals surface area contributed by atoms with E-state index in [0.29, 0.717) is 25.8 Å². The average Bonchev–Trinajstić information content (AvgIpc) is 2.61. The van der Waals surface area contributed by atoms with Gasteiger partial charge in [0.25, 0.3) is 0 Å². The summed E-state index contributed by atoms with van der Waals surface area (Å²) in [6.45, 7) is 4.89. The van der Waals surface area contributed by atoms with Crippen molar-refractivity contribution in [3.63, 3.8) is 0 Å². The molecule has 3 rings (SSSR count). The van der Waals surface area contributed by atoms with Gasteiger partial charge in [0, 0.05) is 19.1 Å². The van der Waals surface area contributed by atoms with Crippen LogP contribution in [0.15, 0.2) is 18.2 Å². The van der Waals surface area contributed by atoms with Crippen molar-refractivity contribution in [3.05, 3.63) is 23.8 Å². The van der Waals surface area contributed by atoms with Gasteiger partial charge in [0.2, 0.25) is 0 Å². The summed E-state index contributed by atoms with van der Waals surface area (Å²) in [7, 11) is 0. The maximum atomic E-state index is 12.4. The predicted molar refractivity (Wildman–Crippen MR) is 89.2 cm³/mol. The van der Waals surface area contributed by atoms with Crippen molar-refractivity contribution in [2.75, 3.05) is 26.3 Å². The van der Waals surface area contributed by atoms with Gasteiger partial charge in [-0.25, -0.2) is 4.79 Å². The normalized spacial score (nSPS) is 20.2. The zero-order valence-electron chi connectivity index (χ0n) is 13.8. The number of urea groups is 1. The van der Waals surface area contributed by atoms with Crippen LogP contribution in [0.3, 0.4) is 0 Å². The summed E-state index contributed by atoms with van der Waals surface area (Å²) in [6.07, 6.45) is 5.32. The highest BCUT2D eigenvalue weighted by Gasteiger charge is 2.24. The van der Waals surface area contributed by atoms with Crippen LogP contribution in [0.4, 0.5) is 4.79 Å². The van der Waals surface area contributed by atoms with E-state index in [1.54, 1.807) is 0 Å². The molecule has 1 saturated heterocycles. The minimum absolute atomic E-state index is 0.0779. The molecule has 1 unspecified atom stereocenters. The third-order valence-electron chi connectivity index (χ3n) is 4.66. The lowest BCUT2D eigenvalue weighted by Crippen LogP contribution is -2.48. The second-order valence-corrected chi connectivity index (χ2v) is 6.21. The number of ether oxygens (including phenoxy) is 2. The fraction of sp³-hybridized carbons (Fsp3) is 0.611. The summed E-state index contributed by atoms with van der Waals surface area (Å²) in [6, 6.07) is 6.47. The van der Waals surface area contributed by atoms with Gasteiger partial charge in [0.1, 0.15) is 13.2 Å². The van der Waals surface area contributed by atoms with Gasteiger partial charge in [-0.3, -0.25) is 0 Å². The molecule has 23 heavy (non-hydrogen) atoms. The van der Waals surface area contributed by atoms with Crippen molar-refractivity contribution in [1.82, 2.24) is 10.2 Å². The highest BCUT2D eigenvalue weighted by Crippen LogP contribution is 2.30. The number of benzene rings is 1. The van der Waals surface area contributed by atoms with E-state index in [2.05, 4.69) is 12.2 Å². The number of piperidine rings is 1. The largest absolute Gasteiger partial charge is 0.486 e. The van der Waals surface area contributed by atoms with E-state index < -0.39 is 0 Å². The maximum absolute atomic E-state index is 12.4. The van der Waals surface area contributed by atoms with E-state index in [4.69, 9.17) is 9.47 Å². The van der Waals surface area contributed by atoms with E-state index in [9.17, 15) is 4.79 Å². The fourth-order valence-corrected chi connectivity index (χ4v) is 3.35. The number of rotatable bonds is 4. The zero-order chi connectivity index (χ0) is 16.1. The lowest BCUT2D eigenvalue weighted by Gasteiger charge is -2.35. The number of carbonyl (C=O) groups is 1. The van der Waals surface area contributed by atoms with Crippen LogP contribution in [-0.4, -0.2) is 43.3 Å². The van der Waals surface area contributed by atoms with Gasteiger partial charge in [0.05, 0.1) is 0 Å². The Labute approximate surface area is 137 Å². The minimum Gasteiger partial charge on any atom is -0.486 e. The van der Waals surface area contributed by atoms with Gasteiger partial charge < -0.3 is 19.7 Å². The lowest BCUT2D eigenvalue weighted by molar-refractivity contribution is 0.149. The number of hydrogen-bond donors (Lipinski definition) is 1. The molecular weight excluding hydrogens is 292 g/mol. The van der Waals surface area contributed by atoms with Crippen molar-refractivity contribution in [2.24, 2.45) is 0 Å². The summed E-state index contributed by atoms with van der Waals surface area (Å²) < 4.78 is 11.1. The van der Waals surface area contributed by atoms with E-state index in [0.717, 1.165) is 49.3 Å². The van der Waals surface area contributed by atoms with Crippen molar-refractivity contribution in [2.45, 2.75) is 45.1 Å². The first-order chi connectivity index (χ1) is 11.3. The Morgan fingerprint density at radius 2 is 2.09 bits per heavy atom. The molecule has 0 saturated carbocycles. The molecule has 0 aliphatic carbocycles. The van der Waals surface area contributed by atoms with Crippen LogP contribution in [0, 0.1) is 0 Å². The van der Waals surface area contributed by atoms with Crippen molar-refractivity contribution < 1.29 is 14.3 Å². The minimum atomic E-state index is 0.0779. The number of likely N-dealkylation sites (tertiary alicyclic amines) is 1. The molecule has 2 aliphatic heterocycles. The fourth-order valence-electron chi connectivity index (χ4n) is 3.35. The molecule has 126 valence electrons. The van der Waals surface area contributed by atoms with Gasteiger partial charge >= 0.3 is 6.03 Å². The maximum Gasteiger partial charge on any atom is 0.317 e. The number of amides is 2. The summed E-state index contributed by atoms with van der Waals surface area (Å²) in [5.74, 6) is 1.62. The quantitative estimate of drug-likeness (QED) is 0.928. The van der Waals surface area contributed by atoms with Crippen LogP contribution >= 0.6 is 0 Å². The van der Waals surface area contributed by atoms with Crippen LogP contribution in [-0.2, 0) is 6.42 Å². The molecule has 1 fully saturated rings. The summed E-state index contributed by atoms with van der Waals surface area (Å²) in [4.78, 5) is 14.4. The first-order valence-electron chi connectivity index (χ1n) is 8.71. The molecule has 2 amide bonds. The molecular formula is C18H26N2O3. The monoisotopic (exact) mass is 318 g/mol. The molecule has 0 bridgehead atoms. The molecule has 5 heteroatoms. The summed E-state index contributed by atoms with van der Waals surface area (Å²) in [5.41, 5.74) is 1.15. The van der Waals surface area contributed by atoms with Gasteiger partial charge in [-0.2, -0.15) is 0 Å². The summed E-state index contributed by atoms with van der Waals surface area (Å²) >= 11 is 0. The standard InChI is InChI=1S/C18H26N2O3/c1-2-15-5-3-4-10-20(15)18(21)19-9-8-14-6-7-16-17(13-14)23-12-11-22-16/h6-7,13,15H,2-5,8-12H2,1H3,(H,19,21). The highest BCUT2D eigenvalue weighted by atomic mass is 16.6. The molecule has 1 aromatic rings. The van der Waals surface area contributed by atoms with Crippen LogP contribution in [0.2, 0.25) is 0 Å². The topological polar surface area (TPSA) is 50.8 Å². The third kappa shape index (κ3) is 3.89. The zero-order valence-corrected chi connectivity index (χ0v) is 13.8. The molecule has 0 aromatic heterocycles. The summed E-state index contributed by atoms with van der Waals surface area (Å²) in [5, 5.41) is 3.06. The van der Waals surface area contributed by atoms with Gasteiger partial charge in [-0.05, 0) is 49.8 Å². The van der Waals surface area contributed by atoms with Crippen molar-refractivity contribution in [3.8, 4) is 11.5 Å². The first kappa shape index (κ1) is 16.0. The Balaban J connectivity index is 1.50. The van der Waals surface area contributed by atoms with E-state index in [1.807, 2.05) is 23.1 Å². The van der Waals surface area contributed by atoms with Crippen LogP contribution in [0.1, 0.15) is 38.2 Å². The van der Waals surface area contributed by atoms with E-state index >= 15 is 0 Å². The number of carbonyl (C=O) groups excluding carboxylic acids is 1. The molecule has 2 heterocycles. The van der Waals surface area contributed by atoms with E-state index in [-0.39, 0.29) is 6.03 Å². The molecule has 5 nitrogen and oxygen atoms in total. The van der Waals surface area contributed by atoms with Gasteiger partial charge in [-0.1, -0.05) is 13.0 Å². The second-order valence-electron chi connectivity index (χ2n) is 6.21. The van der Waals surface area contributed by atoms with Crippen LogP contribution < -0.4 is 14.8 Å².